The lowest BCUT2D eigenvalue weighted by atomic mass is 10.0. The third-order valence-electron chi connectivity index (χ3n) is 3.58. The number of hydrogen-bond acceptors (Lipinski definition) is 4. The molecule has 0 aromatic heterocycles. The summed E-state index contributed by atoms with van der Waals surface area (Å²) >= 11 is 0. The van der Waals surface area contributed by atoms with Crippen molar-refractivity contribution in [3.8, 4) is 5.75 Å². The van der Waals surface area contributed by atoms with Crippen LogP contribution in [0.15, 0.2) is 53.7 Å². The smallest absolute Gasteiger partial charge is 0.358 e. The van der Waals surface area contributed by atoms with Gasteiger partial charge in [-0.15, -0.1) is 0 Å². The van der Waals surface area contributed by atoms with Crippen LogP contribution in [0.25, 0.3) is 0 Å². The van der Waals surface area contributed by atoms with Crippen LogP contribution in [-0.2, 0) is 16.2 Å². The fourth-order valence-electron chi connectivity index (χ4n) is 2.42. The molecule has 0 heterocycles. The average Bonchev–Trinajstić information content (AvgIpc) is 2.58. The molecule has 0 amide bonds. The summed E-state index contributed by atoms with van der Waals surface area (Å²) in [6.45, 7) is 4.45. The highest BCUT2D eigenvalue weighted by Crippen LogP contribution is 2.27. The van der Waals surface area contributed by atoms with Crippen LogP contribution in [0, 0.1) is 0 Å². The summed E-state index contributed by atoms with van der Waals surface area (Å²) in [7, 11) is 1.32. The van der Waals surface area contributed by atoms with E-state index in [0.717, 1.165) is 16.9 Å². The summed E-state index contributed by atoms with van der Waals surface area (Å²) in [5.74, 6) is -0.0178. The van der Waals surface area contributed by atoms with Crippen molar-refractivity contribution in [1.82, 2.24) is 0 Å². The maximum atomic E-state index is 11.4. The minimum Gasteiger partial charge on any atom is -0.489 e. The van der Waals surface area contributed by atoms with Crippen molar-refractivity contribution in [3.63, 3.8) is 0 Å². The van der Waals surface area contributed by atoms with Crippen molar-refractivity contribution >= 4 is 11.7 Å². The number of ether oxygens (including phenoxy) is 1. The number of carboxylic acid groups (broad SMARTS) is 1. The van der Waals surface area contributed by atoms with E-state index in [2.05, 4.69) is 23.8 Å². The van der Waals surface area contributed by atoms with Gasteiger partial charge in [-0.1, -0.05) is 61.5 Å². The van der Waals surface area contributed by atoms with E-state index in [1.54, 1.807) is 12.1 Å². The van der Waals surface area contributed by atoms with Crippen LogP contribution in [0.3, 0.4) is 0 Å². The van der Waals surface area contributed by atoms with Crippen molar-refractivity contribution in [1.29, 1.82) is 0 Å². The fourth-order valence-corrected chi connectivity index (χ4v) is 2.42. The molecule has 0 saturated carbocycles. The standard InChI is InChI=1S/C19H21NO4/c1-13(2)15-9-6-7-11-17(15)24-12-14-8-4-5-10-16(14)18(19(21)22)20-23-3/h4-11,13H,12H2,1-3H3,(H,21,22)/b20-18+. The maximum Gasteiger partial charge on any atom is 0.358 e. The number of nitrogens with zero attached hydrogens (tertiary/aromatic N) is 1. The highest BCUT2D eigenvalue weighted by molar-refractivity contribution is 6.42. The second-order valence-electron chi connectivity index (χ2n) is 5.57. The van der Waals surface area contributed by atoms with Crippen LogP contribution in [-0.4, -0.2) is 23.9 Å². The van der Waals surface area contributed by atoms with Gasteiger partial charge in [-0.05, 0) is 23.1 Å². The molecule has 0 bridgehead atoms. The van der Waals surface area contributed by atoms with E-state index in [9.17, 15) is 9.90 Å². The number of rotatable bonds is 7. The van der Waals surface area contributed by atoms with Gasteiger partial charge in [0.05, 0.1) is 0 Å². The summed E-state index contributed by atoms with van der Waals surface area (Å²) < 4.78 is 5.94. The predicted molar refractivity (Wildman–Crippen MR) is 92.5 cm³/mol. The Kier molecular flexibility index (Phi) is 5.95. The third kappa shape index (κ3) is 4.13. The molecule has 0 radical (unpaired) electrons. The molecule has 0 aliphatic rings. The van der Waals surface area contributed by atoms with Crippen LogP contribution in [0.5, 0.6) is 5.75 Å². The zero-order valence-electron chi connectivity index (χ0n) is 14.0. The predicted octanol–water partition coefficient (Wildman–Crippen LogP) is 3.82. The van der Waals surface area contributed by atoms with E-state index in [0.29, 0.717) is 11.5 Å². The van der Waals surface area contributed by atoms with Crippen molar-refractivity contribution in [3.05, 3.63) is 65.2 Å². The Morgan fingerprint density at radius 1 is 1.12 bits per heavy atom. The van der Waals surface area contributed by atoms with Gasteiger partial charge in [0.2, 0.25) is 0 Å². The molecule has 5 heteroatoms. The summed E-state index contributed by atoms with van der Waals surface area (Å²) in [5, 5.41) is 12.9. The Bertz CT molecular complexity index is 738. The minimum absolute atomic E-state index is 0.145. The van der Waals surface area contributed by atoms with E-state index in [1.807, 2.05) is 36.4 Å². The quantitative estimate of drug-likeness (QED) is 0.620. The van der Waals surface area contributed by atoms with Crippen molar-refractivity contribution in [2.75, 3.05) is 7.11 Å². The monoisotopic (exact) mass is 327 g/mol. The van der Waals surface area contributed by atoms with Gasteiger partial charge >= 0.3 is 5.97 Å². The van der Waals surface area contributed by atoms with Gasteiger partial charge < -0.3 is 14.7 Å². The molecular weight excluding hydrogens is 306 g/mol. The summed E-state index contributed by atoms with van der Waals surface area (Å²) in [6, 6.07) is 14.9. The first kappa shape index (κ1) is 17.5. The van der Waals surface area contributed by atoms with Crippen molar-refractivity contribution in [2.24, 2.45) is 5.16 Å². The molecule has 0 saturated heterocycles. The number of carboxylic acids is 1. The Hall–Kier alpha value is -2.82. The SMILES string of the molecule is CO/N=C(/C(=O)O)c1ccccc1COc1ccccc1C(C)C. The minimum atomic E-state index is -1.15. The van der Waals surface area contributed by atoms with E-state index in [1.165, 1.54) is 7.11 Å². The van der Waals surface area contributed by atoms with Crippen LogP contribution in [0.1, 0.15) is 36.5 Å². The Balaban J connectivity index is 2.29. The Labute approximate surface area is 141 Å². The third-order valence-corrected chi connectivity index (χ3v) is 3.58. The summed E-state index contributed by atoms with van der Waals surface area (Å²) in [6.07, 6.45) is 0. The molecule has 0 spiro atoms. The van der Waals surface area contributed by atoms with Crippen LogP contribution in [0.2, 0.25) is 0 Å². The number of oxime groups is 1. The molecule has 126 valence electrons. The number of carbonyl (C=O) groups is 1. The molecule has 0 fully saturated rings. The van der Waals surface area contributed by atoms with Gasteiger partial charge in [-0.25, -0.2) is 4.79 Å². The highest BCUT2D eigenvalue weighted by atomic mass is 16.6. The molecule has 0 aliphatic heterocycles. The summed E-state index contributed by atoms with van der Waals surface area (Å²) in [5.41, 5.74) is 2.18. The van der Waals surface area contributed by atoms with Gasteiger partial charge in [0.1, 0.15) is 19.5 Å². The molecule has 0 atom stereocenters. The largest absolute Gasteiger partial charge is 0.489 e. The molecule has 2 aromatic carbocycles. The normalized spacial score (nSPS) is 11.4. The fraction of sp³-hybridized carbons (Fsp3) is 0.263. The number of aliphatic carboxylic acids is 1. The van der Waals surface area contributed by atoms with E-state index >= 15 is 0 Å². The molecule has 1 N–H and O–H groups in total. The zero-order valence-corrected chi connectivity index (χ0v) is 14.0. The van der Waals surface area contributed by atoms with Gasteiger partial charge in [-0.3, -0.25) is 0 Å². The van der Waals surface area contributed by atoms with Gasteiger partial charge in [0.25, 0.3) is 0 Å². The van der Waals surface area contributed by atoms with E-state index < -0.39 is 5.97 Å². The first-order valence-electron chi connectivity index (χ1n) is 7.69. The van der Waals surface area contributed by atoms with Crippen LogP contribution >= 0.6 is 0 Å². The van der Waals surface area contributed by atoms with Gasteiger partial charge in [-0.2, -0.15) is 0 Å². The topological polar surface area (TPSA) is 68.1 Å². The van der Waals surface area contributed by atoms with Crippen LogP contribution in [0.4, 0.5) is 0 Å². The first-order chi connectivity index (χ1) is 11.5. The highest BCUT2D eigenvalue weighted by Gasteiger charge is 2.18. The van der Waals surface area contributed by atoms with Gasteiger partial charge in [0.15, 0.2) is 5.71 Å². The van der Waals surface area contributed by atoms with Crippen LogP contribution < -0.4 is 4.74 Å². The van der Waals surface area contributed by atoms with Crippen molar-refractivity contribution < 1.29 is 19.5 Å². The Morgan fingerprint density at radius 3 is 2.46 bits per heavy atom. The molecule has 2 rings (SSSR count). The number of benzene rings is 2. The lowest BCUT2D eigenvalue weighted by Crippen LogP contribution is -2.17. The van der Waals surface area contributed by atoms with E-state index in [-0.39, 0.29) is 12.3 Å². The molecule has 0 unspecified atom stereocenters. The zero-order chi connectivity index (χ0) is 17.5. The maximum absolute atomic E-state index is 11.4. The molecule has 24 heavy (non-hydrogen) atoms. The first-order valence-corrected chi connectivity index (χ1v) is 7.69. The lowest BCUT2D eigenvalue weighted by molar-refractivity contribution is -0.129. The molecule has 0 aliphatic carbocycles. The summed E-state index contributed by atoms with van der Waals surface area (Å²) in [4.78, 5) is 16.1. The lowest BCUT2D eigenvalue weighted by Gasteiger charge is -2.15. The van der Waals surface area contributed by atoms with Crippen molar-refractivity contribution in [2.45, 2.75) is 26.4 Å². The van der Waals surface area contributed by atoms with E-state index in [4.69, 9.17) is 4.74 Å². The molecular formula is C19H21NO4. The average molecular weight is 327 g/mol. The number of para-hydroxylation sites is 1. The second-order valence-corrected chi connectivity index (χ2v) is 5.57. The molecule has 2 aromatic rings. The Morgan fingerprint density at radius 2 is 1.79 bits per heavy atom. The number of hydrogen-bond donors (Lipinski definition) is 1. The van der Waals surface area contributed by atoms with Gasteiger partial charge in [0, 0.05) is 5.56 Å². The second kappa shape index (κ2) is 8.15. The molecule has 5 nitrogen and oxygen atoms in total.